The zero-order valence-electron chi connectivity index (χ0n) is 17.1. The summed E-state index contributed by atoms with van der Waals surface area (Å²) in [4.78, 5) is 17.3. The summed E-state index contributed by atoms with van der Waals surface area (Å²) in [6.45, 7) is 0. The number of nitrogens with one attached hydrogen (secondary N) is 4. The van der Waals surface area contributed by atoms with E-state index in [0.717, 1.165) is 5.56 Å². The van der Waals surface area contributed by atoms with Gasteiger partial charge in [-0.1, -0.05) is 35.3 Å². The molecule has 3 aromatic rings. The van der Waals surface area contributed by atoms with E-state index in [2.05, 4.69) is 26.5 Å². The highest BCUT2D eigenvalue weighted by Gasteiger charge is 2.25. The van der Waals surface area contributed by atoms with E-state index in [1.807, 2.05) is 0 Å². The Morgan fingerprint density at radius 1 is 0.909 bits per heavy atom. The minimum atomic E-state index is -0.537. The van der Waals surface area contributed by atoms with Gasteiger partial charge in [0.25, 0.3) is 5.91 Å². The van der Waals surface area contributed by atoms with Crippen LogP contribution in [0.5, 0.6) is 0 Å². The van der Waals surface area contributed by atoms with Crippen molar-refractivity contribution in [1.29, 1.82) is 0 Å². The zero-order valence-corrected chi connectivity index (χ0v) is 18.6. The van der Waals surface area contributed by atoms with Crippen molar-refractivity contribution in [3.63, 3.8) is 0 Å². The monoisotopic (exact) mass is 489 g/mol. The number of nitrogens with zero attached hydrogens (tertiary/aromatic N) is 1. The lowest BCUT2D eigenvalue weighted by atomic mass is 10.0. The predicted molar refractivity (Wildman–Crippen MR) is 125 cm³/mol. The largest absolute Gasteiger partial charge is 0.326 e. The van der Waals surface area contributed by atoms with Crippen LogP contribution in [0, 0.1) is 11.6 Å². The van der Waals surface area contributed by atoms with Gasteiger partial charge in [-0.15, -0.1) is 0 Å². The molecule has 1 aliphatic rings. The van der Waals surface area contributed by atoms with Gasteiger partial charge in [-0.2, -0.15) is 0 Å². The van der Waals surface area contributed by atoms with E-state index < -0.39 is 17.9 Å². The first kappa shape index (κ1) is 23.1. The molecular formula is C23H19Cl2F2N5O. The molecule has 0 aliphatic carbocycles. The fourth-order valence-electron chi connectivity index (χ4n) is 3.33. The van der Waals surface area contributed by atoms with Crippen LogP contribution in [0.15, 0.2) is 71.7 Å². The molecule has 6 nitrogen and oxygen atoms in total. The van der Waals surface area contributed by atoms with Crippen LogP contribution in [0.1, 0.15) is 28.4 Å². The first-order valence-electron chi connectivity index (χ1n) is 10.00. The van der Waals surface area contributed by atoms with Crippen molar-refractivity contribution in [3.05, 3.63) is 99.5 Å². The first-order valence-corrected chi connectivity index (χ1v) is 10.8. The van der Waals surface area contributed by atoms with Crippen molar-refractivity contribution in [2.75, 3.05) is 5.32 Å². The zero-order chi connectivity index (χ0) is 23.4. The van der Waals surface area contributed by atoms with E-state index in [1.165, 1.54) is 30.3 Å². The number of hydrogen-bond acceptors (Lipinski definition) is 4. The smallest absolute Gasteiger partial charge is 0.257 e. The van der Waals surface area contributed by atoms with Crippen molar-refractivity contribution in [3.8, 4) is 0 Å². The molecule has 1 amide bonds. The molecule has 10 heteroatoms. The van der Waals surface area contributed by atoms with Gasteiger partial charge in [-0.05, 0) is 60.2 Å². The van der Waals surface area contributed by atoms with Crippen LogP contribution in [0.3, 0.4) is 0 Å². The predicted octanol–water partition coefficient (Wildman–Crippen LogP) is 5.03. The Hall–Kier alpha value is -3.04. The Balaban J connectivity index is 1.54. The number of benzene rings is 3. The molecule has 170 valence electrons. The molecule has 33 heavy (non-hydrogen) atoms. The van der Waals surface area contributed by atoms with E-state index in [-0.39, 0.29) is 22.8 Å². The molecule has 4 rings (SSSR count). The van der Waals surface area contributed by atoms with Crippen LogP contribution in [0.4, 0.5) is 14.5 Å². The molecule has 0 saturated carbocycles. The summed E-state index contributed by atoms with van der Waals surface area (Å²) in [5.41, 5.74) is 7.72. The second-order valence-corrected chi connectivity index (χ2v) is 8.24. The molecule has 0 radical (unpaired) electrons. The van der Waals surface area contributed by atoms with Gasteiger partial charge in [0.2, 0.25) is 5.96 Å². The van der Waals surface area contributed by atoms with Crippen LogP contribution < -0.4 is 21.5 Å². The molecule has 0 bridgehead atoms. The lowest BCUT2D eigenvalue weighted by Gasteiger charge is -2.14. The third-order valence-electron chi connectivity index (χ3n) is 4.90. The van der Waals surface area contributed by atoms with Gasteiger partial charge in [0.15, 0.2) is 0 Å². The summed E-state index contributed by atoms with van der Waals surface area (Å²) in [6, 6.07) is 16.3. The van der Waals surface area contributed by atoms with E-state index in [4.69, 9.17) is 23.2 Å². The molecule has 2 unspecified atom stereocenters. The summed E-state index contributed by atoms with van der Waals surface area (Å²) in [5, 5.41) is 6.31. The summed E-state index contributed by atoms with van der Waals surface area (Å²) in [7, 11) is 0. The van der Waals surface area contributed by atoms with Crippen molar-refractivity contribution in [1.82, 2.24) is 16.2 Å². The summed E-state index contributed by atoms with van der Waals surface area (Å²) < 4.78 is 27.0. The topological polar surface area (TPSA) is 77.5 Å². The highest BCUT2D eigenvalue weighted by atomic mass is 35.5. The summed E-state index contributed by atoms with van der Waals surface area (Å²) in [5.74, 6) is -1.19. The van der Waals surface area contributed by atoms with E-state index in [1.54, 1.807) is 36.4 Å². The normalized spacial score (nSPS) is 18.2. The van der Waals surface area contributed by atoms with Gasteiger partial charge in [0.05, 0.1) is 0 Å². The van der Waals surface area contributed by atoms with Crippen molar-refractivity contribution in [2.45, 2.75) is 18.6 Å². The SMILES string of the molecule is O=C(NC(=NC1CC(c2ccc(F)cc2)NN1)Nc1cc(F)cc(Cl)c1)c1ccc(Cl)cc1. The highest BCUT2D eigenvalue weighted by Crippen LogP contribution is 2.23. The fourth-order valence-corrected chi connectivity index (χ4v) is 3.68. The lowest BCUT2D eigenvalue weighted by molar-refractivity contribution is 0.0977. The average molecular weight is 490 g/mol. The first-order chi connectivity index (χ1) is 15.9. The maximum atomic E-state index is 13.8. The average Bonchev–Trinajstić information content (AvgIpc) is 3.22. The Kier molecular flexibility index (Phi) is 7.20. The summed E-state index contributed by atoms with van der Waals surface area (Å²) >= 11 is 11.8. The van der Waals surface area contributed by atoms with Crippen molar-refractivity contribution < 1.29 is 13.6 Å². The molecule has 1 aliphatic heterocycles. The number of guanidine groups is 1. The molecular weight excluding hydrogens is 471 g/mol. The van der Waals surface area contributed by atoms with Gasteiger partial charge >= 0.3 is 0 Å². The van der Waals surface area contributed by atoms with Crippen LogP contribution in [-0.4, -0.2) is 18.0 Å². The number of anilines is 1. The third-order valence-corrected chi connectivity index (χ3v) is 5.37. The number of aliphatic imine (C=N–C) groups is 1. The second-order valence-electron chi connectivity index (χ2n) is 7.37. The minimum absolute atomic E-state index is 0.0932. The van der Waals surface area contributed by atoms with Gasteiger partial charge in [-0.3, -0.25) is 10.1 Å². The van der Waals surface area contributed by atoms with Gasteiger partial charge in [0, 0.05) is 33.8 Å². The second kappa shape index (κ2) is 10.3. The molecule has 0 spiro atoms. The minimum Gasteiger partial charge on any atom is -0.326 e. The number of hydrogen-bond donors (Lipinski definition) is 4. The van der Waals surface area contributed by atoms with Gasteiger partial charge < -0.3 is 5.32 Å². The van der Waals surface area contributed by atoms with Crippen LogP contribution in [-0.2, 0) is 0 Å². The van der Waals surface area contributed by atoms with Crippen molar-refractivity contribution in [2.24, 2.45) is 4.99 Å². The van der Waals surface area contributed by atoms with Gasteiger partial charge in [-0.25, -0.2) is 24.6 Å². The molecule has 4 N–H and O–H groups in total. The highest BCUT2D eigenvalue weighted by molar-refractivity contribution is 6.31. The van der Waals surface area contributed by atoms with Crippen LogP contribution in [0.2, 0.25) is 10.0 Å². The number of carbonyl (C=O) groups is 1. The Morgan fingerprint density at radius 3 is 2.33 bits per heavy atom. The van der Waals surface area contributed by atoms with E-state index in [0.29, 0.717) is 22.7 Å². The Labute approximate surface area is 199 Å². The number of hydrazine groups is 1. The number of carbonyl (C=O) groups excluding carboxylic acids is 1. The van der Waals surface area contributed by atoms with E-state index in [9.17, 15) is 13.6 Å². The maximum absolute atomic E-state index is 13.8. The third kappa shape index (κ3) is 6.27. The lowest BCUT2D eigenvalue weighted by Crippen LogP contribution is -2.39. The van der Waals surface area contributed by atoms with Gasteiger partial charge in [0.1, 0.15) is 17.8 Å². The number of halogens is 4. The van der Waals surface area contributed by atoms with Crippen molar-refractivity contribution >= 4 is 40.8 Å². The Bertz CT molecular complexity index is 1150. The Morgan fingerprint density at radius 2 is 1.64 bits per heavy atom. The standard InChI is InChI=1S/C23H19Cl2F2N5O/c24-15-5-1-14(2-6-15)22(33)30-23(28-19-10-16(25)9-18(27)11-19)29-21-12-20(31-32-21)13-3-7-17(26)8-4-13/h1-11,20-21,31-32H,12H2,(H2,28,29,30,33). The number of amides is 1. The molecule has 1 heterocycles. The molecule has 3 aromatic carbocycles. The summed E-state index contributed by atoms with van der Waals surface area (Å²) in [6.07, 6.45) is 0.0921. The van der Waals surface area contributed by atoms with E-state index >= 15 is 0 Å². The number of rotatable bonds is 4. The fraction of sp³-hybridized carbons (Fsp3) is 0.130. The quantitative estimate of drug-likeness (QED) is 0.306. The van der Waals surface area contributed by atoms with Crippen LogP contribution in [0.25, 0.3) is 0 Å². The van der Waals surface area contributed by atoms with Crippen LogP contribution >= 0.6 is 23.2 Å². The molecule has 0 aromatic heterocycles. The molecule has 1 saturated heterocycles. The molecule has 2 atom stereocenters. The maximum Gasteiger partial charge on any atom is 0.257 e. The molecule has 1 fully saturated rings.